The number of aromatic carboxylic acids is 1. The molecule has 0 radical (unpaired) electrons. The van der Waals surface area contributed by atoms with E-state index in [9.17, 15) is 19.1 Å². The summed E-state index contributed by atoms with van der Waals surface area (Å²) in [5.41, 5.74) is 1.87. The maximum atomic E-state index is 13.7. The second kappa shape index (κ2) is 9.28. The van der Waals surface area contributed by atoms with Crippen molar-refractivity contribution in [3.8, 4) is 5.69 Å². The molecule has 1 fully saturated rings. The van der Waals surface area contributed by atoms with Crippen LogP contribution >= 0.6 is 0 Å². The van der Waals surface area contributed by atoms with Crippen LogP contribution in [0.5, 0.6) is 0 Å². The van der Waals surface area contributed by atoms with E-state index in [1.807, 2.05) is 4.90 Å². The third-order valence-electron chi connectivity index (χ3n) is 6.28. The molecule has 3 heterocycles. The number of aromatic nitrogens is 4. The van der Waals surface area contributed by atoms with Crippen LogP contribution in [0, 0.1) is 11.7 Å². The molecule has 0 amide bonds. The molecule has 2 aromatic heterocycles. The predicted molar refractivity (Wildman–Crippen MR) is 127 cm³/mol. The third kappa shape index (κ3) is 4.51. The summed E-state index contributed by atoms with van der Waals surface area (Å²) in [6.45, 7) is 3.50. The molecule has 0 aliphatic carbocycles. The van der Waals surface area contributed by atoms with E-state index in [-0.39, 0.29) is 17.5 Å². The third-order valence-corrected chi connectivity index (χ3v) is 6.28. The van der Waals surface area contributed by atoms with Gasteiger partial charge in [-0.2, -0.15) is 4.80 Å². The average Bonchev–Trinajstić information content (AvgIpc) is 3.29. The van der Waals surface area contributed by atoms with Gasteiger partial charge in [0.2, 0.25) is 0 Å². The zero-order valence-corrected chi connectivity index (χ0v) is 19.1. The Balaban J connectivity index is 1.48. The van der Waals surface area contributed by atoms with Gasteiger partial charge in [-0.3, -0.25) is 4.79 Å². The van der Waals surface area contributed by atoms with Crippen molar-refractivity contribution in [3.05, 3.63) is 53.8 Å². The first kappa shape index (κ1) is 22.7. The van der Waals surface area contributed by atoms with Crippen LogP contribution in [-0.4, -0.2) is 56.7 Å². The highest BCUT2D eigenvalue weighted by molar-refractivity contribution is 6.13. The number of anilines is 1. The van der Waals surface area contributed by atoms with Gasteiger partial charge >= 0.3 is 11.9 Å². The smallest absolute Gasteiger partial charge is 0.336 e. The molecule has 1 aliphatic heterocycles. The summed E-state index contributed by atoms with van der Waals surface area (Å²) in [5, 5.41) is 19.3. The number of fused-ring (bicyclic) bond motifs is 3. The number of carboxylic acids is 1. The zero-order chi connectivity index (χ0) is 24.5. The first-order valence-corrected chi connectivity index (χ1v) is 11.5. The largest absolute Gasteiger partial charge is 0.478 e. The van der Waals surface area contributed by atoms with Crippen molar-refractivity contribution < 1.29 is 23.8 Å². The number of hydrogen-bond donors (Lipinski definition) is 1. The van der Waals surface area contributed by atoms with Crippen LogP contribution in [0.25, 0.3) is 27.6 Å². The van der Waals surface area contributed by atoms with E-state index < -0.39 is 11.8 Å². The Morgan fingerprint density at radius 2 is 1.89 bits per heavy atom. The molecule has 4 aromatic rings. The number of piperidine rings is 1. The number of ether oxygens (including phenoxy) is 1. The molecule has 9 nitrogen and oxygen atoms in total. The topological polar surface area (TPSA) is 110 Å². The number of carbonyl (C=O) groups excluding carboxylic acids is 1. The first-order chi connectivity index (χ1) is 16.9. The summed E-state index contributed by atoms with van der Waals surface area (Å²) < 4.78 is 18.7. The van der Waals surface area contributed by atoms with E-state index in [0.29, 0.717) is 59.6 Å². The lowest BCUT2D eigenvalue weighted by Gasteiger charge is -2.32. The van der Waals surface area contributed by atoms with Gasteiger partial charge in [-0.15, -0.1) is 10.2 Å². The molecule has 0 bridgehead atoms. The van der Waals surface area contributed by atoms with Crippen LogP contribution in [0.15, 0.2) is 42.5 Å². The number of halogens is 1. The zero-order valence-electron chi connectivity index (χ0n) is 19.1. The lowest BCUT2D eigenvalue weighted by Crippen LogP contribution is -2.35. The van der Waals surface area contributed by atoms with Gasteiger partial charge in [0.1, 0.15) is 22.7 Å². The van der Waals surface area contributed by atoms with Crippen molar-refractivity contribution in [2.45, 2.75) is 26.2 Å². The minimum atomic E-state index is -1.09. The van der Waals surface area contributed by atoms with Crippen LogP contribution < -0.4 is 4.90 Å². The fourth-order valence-electron chi connectivity index (χ4n) is 4.55. The Labute approximate surface area is 200 Å². The quantitative estimate of drug-likeness (QED) is 0.415. The minimum Gasteiger partial charge on any atom is -0.478 e. The van der Waals surface area contributed by atoms with Crippen molar-refractivity contribution in [2.24, 2.45) is 5.92 Å². The molecule has 2 aromatic carbocycles. The highest BCUT2D eigenvalue weighted by atomic mass is 19.1. The SMILES string of the molecule is CCOC(=O)CC1CCN(c2cc(C(=O)O)c3c(ccc4nn(-c5cccc(F)c5)nc43)n2)CC1. The molecule has 5 rings (SSSR count). The monoisotopic (exact) mass is 477 g/mol. The molecule has 1 aliphatic rings. The normalized spacial score (nSPS) is 14.5. The standard InChI is InChI=1S/C25H24FN5O4/c1-2-35-22(32)12-15-8-10-30(11-9-15)21-14-18(25(33)34)23-19(27-21)6-7-20-24(23)29-31(28-20)17-5-3-4-16(26)13-17/h3-7,13-15H,2,8-12H2,1H3,(H,33,34). The van der Waals surface area contributed by atoms with E-state index in [1.54, 1.807) is 37.3 Å². The summed E-state index contributed by atoms with van der Waals surface area (Å²) in [6, 6.07) is 10.9. The van der Waals surface area contributed by atoms with Crippen LogP contribution in [0.3, 0.4) is 0 Å². The van der Waals surface area contributed by atoms with Crippen molar-refractivity contribution in [3.63, 3.8) is 0 Å². The van der Waals surface area contributed by atoms with Crippen molar-refractivity contribution >= 4 is 39.7 Å². The summed E-state index contributed by atoms with van der Waals surface area (Å²) in [5.74, 6) is -0.886. The molecule has 180 valence electrons. The molecule has 35 heavy (non-hydrogen) atoms. The van der Waals surface area contributed by atoms with Gasteiger partial charge < -0.3 is 14.7 Å². The maximum Gasteiger partial charge on any atom is 0.336 e. The average molecular weight is 477 g/mol. The number of rotatable bonds is 6. The number of hydrogen-bond acceptors (Lipinski definition) is 7. The highest BCUT2D eigenvalue weighted by Gasteiger charge is 2.25. The van der Waals surface area contributed by atoms with E-state index in [1.165, 1.54) is 16.9 Å². The molecule has 0 atom stereocenters. The molecule has 0 spiro atoms. The second-order valence-corrected chi connectivity index (χ2v) is 8.57. The molecule has 10 heteroatoms. The van der Waals surface area contributed by atoms with Crippen LogP contribution in [0.1, 0.15) is 36.5 Å². The Kier molecular flexibility index (Phi) is 6.02. The van der Waals surface area contributed by atoms with Crippen molar-refractivity contribution in [1.29, 1.82) is 0 Å². The Hall–Kier alpha value is -4.08. The Morgan fingerprint density at radius 3 is 2.60 bits per heavy atom. The van der Waals surface area contributed by atoms with Gasteiger partial charge in [-0.1, -0.05) is 6.07 Å². The number of esters is 1. The fourth-order valence-corrected chi connectivity index (χ4v) is 4.55. The minimum absolute atomic E-state index is 0.0792. The summed E-state index contributed by atoms with van der Waals surface area (Å²) in [6.07, 6.45) is 1.98. The van der Waals surface area contributed by atoms with Gasteiger partial charge in [0, 0.05) is 31.0 Å². The number of nitrogens with zero attached hydrogens (tertiary/aromatic N) is 5. The van der Waals surface area contributed by atoms with Crippen molar-refractivity contribution in [1.82, 2.24) is 20.0 Å². The highest BCUT2D eigenvalue weighted by Crippen LogP contribution is 2.31. The molecular formula is C25H24FN5O4. The first-order valence-electron chi connectivity index (χ1n) is 11.5. The summed E-state index contributed by atoms with van der Waals surface area (Å²) >= 11 is 0. The van der Waals surface area contributed by atoms with Gasteiger partial charge in [0.15, 0.2) is 0 Å². The Bertz CT molecular complexity index is 1430. The van der Waals surface area contributed by atoms with E-state index in [4.69, 9.17) is 9.72 Å². The predicted octanol–water partition coefficient (Wildman–Crippen LogP) is 3.98. The van der Waals surface area contributed by atoms with Gasteiger partial charge in [-0.25, -0.2) is 14.2 Å². The number of pyridine rings is 1. The van der Waals surface area contributed by atoms with Crippen LogP contribution in [0.4, 0.5) is 10.2 Å². The number of benzene rings is 2. The lowest BCUT2D eigenvalue weighted by atomic mass is 9.93. The number of carbonyl (C=O) groups is 2. The van der Waals surface area contributed by atoms with Gasteiger partial charge in [0.05, 0.1) is 23.4 Å². The van der Waals surface area contributed by atoms with E-state index >= 15 is 0 Å². The summed E-state index contributed by atoms with van der Waals surface area (Å²) in [4.78, 5) is 32.1. The molecular weight excluding hydrogens is 453 g/mol. The molecule has 0 saturated carbocycles. The molecule has 1 N–H and O–H groups in total. The van der Waals surface area contributed by atoms with Gasteiger partial charge in [0.25, 0.3) is 0 Å². The van der Waals surface area contributed by atoms with Crippen LogP contribution in [0.2, 0.25) is 0 Å². The molecule has 0 unspecified atom stereocenters. The molecule has 1 saturated heterocycles. The Morgan fingerprint density at radius 1 is 1.11 bits per heavy atom. The second-order valence-electron chi connectivity index (χ2n) is 8.57. The summed E-state index contributed by atoms with van der Waals surface area (Å²) in [7, 11) is 0. The van der Waals surface area contributed by atoms with Crippen molar-refractivity contribution in [2.75, 3.05) is 24.6 Å². The van der Waals surface area contributed by atoms with E-state index in [0.717, 1.165) is 12.8 Å². The van der Waals surface area contributed by atoms with Crippen LogP contribution in [-0.2, 0) is 9.53 Å². The number of carboxylic acid groups (broad SMARTS) is 1. The van der Waals surface area contributed by atoms with Gasteiger partial charge in [-0.05, 0) is 56.0 Å². The maximum absolute atomic E-state index is 13.7. The lowest BCUT2D eigenvalue weighted by molar-refractivity contribution is -0.144. The van der Waals surface area contributed by atoms with E-state index in [2.05, 4.69) is 10.2 Å². The fraction of sp³-hybridized carbons (Fsp3) is 0.320.